The van der Waals surface area contributed by atoms with Crippen molar-refractivity contribution in [1.82, 2.24) is 0 Å². The van der Waals surface area contributed by atoms with Crippen LogP contribution in [0.15, 0.2) is 75.1 Å². The number of aryl methyl sites for hydroxylation is 2. The first-order valence-corrected chi connectivity index (χ1v) is 14.8. The molecule has 0 aliphatic rings. The van der Waals surface area contributed by atoms with Crippen molar-refractivity contribution in [1.29, 1.82) is 0 Å². The number of furan rings is 1. The second-order valence-corrected chi connectivity index (χ2v) is 9.90. The minimum atomic E-state index is 0.194. The van der Waals surface area contributed by atoms with E-state index in [1.807, 2.05) is 38.1 Å². The monoisotopic (exact) mass is 540 g/mol. The van der Waals surface area contributed by atoms with Crippen LogP contribution in [0.2, 0.25) is 0 Å². The normalized spacial score (nSPS) is 11.9. The molecule has 1 heterocycles. The molecule has 0 fully saturated rings. The van der Waals surface area contributed by atoms with Crippen LogP contribution in [-0.4, -0.2) is 11.4 Å². The summed E-state index contributed by atoms with van der Waals surface area (Å²) in [7, 11) is 9.53. The number of halogens is 2. The average molecular weight is 541 g/mol. The summed E-state index contributed by atoms with van der Waals surface area (Å²) < 4.78 is 6.13. The van der Waals surface area contributed by atoms with Gasteiger partial charge in [0, 0.05) is 0 Å². The van der Waals surface area contributed by atoms with Crippen LogP contribution in [0.1, 0.15) is 76.0 Å². The van der Waals surface area contributed by atoms with Crippen LogP contribution in [0.3, 0.4) is 0 Å². The van der Waals surface area contributed by atoms with Crippen molar-refractivity contribution < 1.29 is 17.6 Å². The van der Waals surface area contributed by atoms with Gasteiger partial charge in [-0.05, 0) is 74.9 Å². The number of hydrogen-bond acceptors (Lipinski definition) is 3. The summed E-state index contributed by atoms with van der Waals surface area (Å²) in [4.78, 5) is 9.74. The van der Waals surface area contributed by atoms with Gasteiger partial charge in [0.25, 0.3) is 0 Å². The quantitative estimate of drug-likeness (QED) is 0.186. The second kappa shape index (κ2) is 15.9. The zero-order valence-electron chi connectivity index (χ0n) is 20.4. The van der Waals surface area contributed by atoms with Crippen LogP contribution in [0.5, 0.6) is 0 Å². The summed E-state index contributed by atoms with van der Waals surface area (Å²) in [6.45, 7) is 8.44. The van der Waals surface area contributed by atoms with Gasteiger partial charge in [0.2, 0.25) is 0 Å². The Bertz CT molecular complexity index is 994. The van der Waals surface area contributed by atoms with E-state index in [-0.39, 0.29) is 13.1 Å². The molecule has 34 heavy (non-hydrogen) atoms. The van der Waals surface area contributed by atoms with Gasteiger partial charge in [0.05, 0.1) is 22.8 Å². The molecule has 0 N–H and O–H groups in total. The van der Waals surface area contributed by atoms with Crippen LogP contribution in [-0.2, 0) is 26.0 Å². The molecular weight excluding hydrogens is 507 g/mol. The Balaban J connectivity index is 0.00000129. The fourth-order valence-electron chi connectivity index (χ4n) is 3.60. The molecule has 0 spiro atoms. The maximum absolute atomic E-state index is 6.13. The molecule has 0 amide bonds. The Morgan fingerprint density at radius 2 is 1.09 bits per heavy atom. The third kappa shape index (κ3) is 9.07. The van der Waals surface area contributed by atoms with Crippen molar-refractivity contribution in [3.63, 3.8) is 0 Å². The minimum absolute atomic E-state index is 0.194. The Morgan fingerprint density at radius 1 is 0.706 bits per heavy atom. The van der Waals surface area contributed by atoms with E-state index in [2.05, 4.69) is 50.2 Å². The van der Waals surface area contributed by atoms with E-state index in [1.54, 1.807) is 0 Å². The van der Waals surface area contributed by atoms with Crippen LogP contribution in [0, 0.1) is 0 Å². The van der Waals surface area contributed by atoms with Crippen molar-refractivity contribution in [2.24, 2.45) is 9.98 Å². The van der Waals surface area contributed by atoms with Gasteiger partial charge in [-0.1, -0.05) is 63.1 Å². The van der Waals surface area contributed by atoms with Crippen molar-refractivity contribution in [2.75, 3.05) is 0 Å². The fourth-order valence-corrected chi connectivity index (χ4v) is 3.60. The second-order valence-electron chi connectivity index (χ2n) is 8.07. The topological polar surface area (TPSA) is 37.9 Å². The summed E-state index contributed by atoms with van der Waals surface area (Å²) in [5.74, 6) is 1.57. The van der Waals surface area contributed by atoms with Gasteiger partial charge in [-0.3, -0.25) is 0 Å². The van der Waals surface area contributed by atoms with Gasteiger partial charge in [-0.2, -0.15) is 0 Å². The summed E-state index contributed by atoms with van der Waals surface area (Å²) in [5, 5.41) is 0. The van der Waals surface area contributed by atoms with Gasteiger partial charge in [-0.25, -0.2) is 9.98 Å². The maximum atomic E-state index is 6.13. The van der Waals surface area contributed by atoms with E-state index in [0.717, 1.165) is 47.2 Å². The Kier molecular flexibility index (Phi) is 13.3. The predicted molar refractivity (Wildman–Crippen MR) is 144 cm³/mol. The summed E-state index contributed by atoms with van der Waals surface area (Å²) >= 11 is 0.194. The van der Waals surface area contributed by atoms with Crippen LogP contribution < -0.4 is 0 Å². The first-order chi connectivity index (χ1) is 16.5. The molecule has 0 atom stereocenters. The van der Waals surface area contributed by atoms with E-state index in [4.69, 9.17) is 34.6 Å². The average Bonchev–Trinajstić information content (AvgIpc) is 3.34. The molecule has 3 aromatic rings. The zero-order valence-corrected chi connectivity index (χ0v) is 23.0. The van der Waals surface area contributed by atoms with E-state index in [0.29, 0.717) is 0 Å². The Morgan fingerprint density at radius 3 is 1.47 bits per heavy atom. The Labute approximate surface area is 219 Å². The molecule has 2 aromatic carbocycles. The number of hydrogen-bond donors (Lipinski definition) is 0. The van der Waals surface area contributed by atoms with E-state index < -0.39 is 0 Å². The molecule has 0 saturated heterocycles. The summed E-state index contributed by atoms with van der Waals surface area (Å²) in [5.41, 5.74) is 6.40. The van der Waals surface area contributed by atoms with Crippen LogP contribution in [0.25, 0.3) is 0 Å². The molecule has 0 aliphatic carbocycles. The van der Waals surface area contributed by atoms with Crippen molar-refractivity contribution in [2.45, 2.75) is 66.2 Å². The molecular formula is C28H34Cl2FeN2O. The first-order valence-electron chi connectivity index (χ1n) is 11.8. The molecule has 6 heteroatoms. The third-order valence-electron chi connectivity index (χ3n) is 5.48. The standard InChI is InChI=1S/C28H34N2O.2ClH.Fe/c1-5-7-13-23-15-9-11-17-25(23)29-21(3)27-19-20-28(31-27)22(4)30-26-18-12-10-16-24(26)14-8-6-2;;;/h9-12,15-20H,5-8,13-14H2,1-4H3;2*1H;/q;;;+2/p-2. The van der Waals surface area contributed by atoms with Crippen LogP contribution >= 0.6 is 20.2 Å². The molecule has 0 unspecified atom stereocenters. The van der Waals surface area contributed by atoms with Gasteiger partial charge in [0.1, 0.15) is 11.5 Å². The van der Waals surface area contributed by atoms with E-state index in [1.165, 1.54) is 36.8 Å². The number of rotatable bonds is 10. The molecule has 0 bridgehead atoms. The van der Waals surface area contributed by atoms with Crippen LogP contribution in [0.4, 0.5) is 11.4 Å². The Hall–Kier alpha value is -1.84. The molecule has 0 saturated carbocycles. The molecule has 184 valence electrons. The van der Waals surface area contributed by atoms with Crippen molar-refractivity contribution in [3.05, 3.63) is 83.3 Å². The van der Waals surface area contributed by atoms with Gasteiger partial charge in [0.15, 0.2) is 0 Å². The molecule has 1 aromatic heterocycles. The first kappa shape index (κ1) is 28.4. The number of para-hydroxylation sites is 2. The zero-order chi connectivity index (χ0) is 24.8. The predicted octanol–water partition coefficient (Wildman–Crippen LogP) is 9.62. The molecule has 3 rings (SSSR count). The molecule has 3 nitrogen and oxygen atoms in total. The van der Waals surface area contributed by atoms with Gasteiger partial charge in [-0.15, -0.1) is 0 Å². The van der Waals surface area contributed by atoms with Gasteiger partial charge < -0.3 is 4.42 Å². The summed E-state index contributed by atoms with van der Waals surface area (Å²) in [6, 6.07) is 20.7. The van der Waals surface area contributed by atoms with Crippen molar-refractivity contribution >= 4 is 43.0 Å². The number of aliphatic imine (C=N–C) groups is 2. The SMILES string of the molecule is CCCCc1ccccc1N=C(C)c1ccc(C(C)=Nc2ccccc2CCCC)o1.[Cl][Fe][Cl]. The van der Waals surface area contributed by atoms with Crippen molar-refractivity contribution in [3.8, 4) is 0 Å². The molecule has 0 aliphatic heterocycles. The third-order valence-corrected chi connectivity index (χ3v) is 5.48. The molecule has 0 radical (unpaired) electrons. The number of benzene rings is 2. The van der Waals surface area contributed by atoms with Gasteiger partial charge >= 0.3 is 33.3 Å². The van der Waals surface area contributed by atoms with E-state index in [9.17, 15) is 0 Å². The fraction of sp³-hybridized carbons (Fsp3) is 0.357. The number of unbranched alkanes of at least 4 members (excludes halogenated alkanes) is 2. The summed E-state index contributed by atoms with van der Waals surface area (Å²) in [6.07, 6.45) is 6.81. The van der Waals surface area contributed by atoms with E-state index >= 15 is 0 Å². The number of nitrogens with zero attached hydrogens (tertiary/aromatic N) is 2.